The van der Waals surface area contributed by atoms with Gasteiger partial charge in [0, 0.05) is 24.1 Å². The molecule has 2 aromatic rings. The van der Waals surface area contributed by atoms with E-state index in [0.717, 1.165) is 0 Å². The number of ether oxygens (including phenoxy) is 1. The van der Waals surface area contributed by atoms with Crippen LogP contribution in [0.3, 0.4) is 0 Å². The van der Waals surface area contributed by atoms with Crippen molar-refractivity contribution in [3.05, 3.63) is 42.0 Å². The molecule has 7 heteroatoms. The Hall–Kier alpha value is -2.02. The molecular formula is C14H18F2N4O. The third kappa shape index (κ3) is 3.75. The highest BCUT2D eigenvalue weighted by molar-refractivity contribution is 5.36. The van der Waals surface area contributed by atoms with Gasteiger partial charge in [0.15, 0.2) is 0 Å². The monoisotopic (exact) mass is 296 g/mol. The molecule has 1 aromatic heterocycles. The highest BCUT2D eigenvalue weighted by atomic mass is 19.3. The fraction of sp³-hybridized carbons (Fsp3) is 0.429. The van der Waals surface area contributed by atoms with Crippen LogP contribution in [-0.4, -0.2) is 21.4 Å². The Balaban J connectivity index is 2.20. The predicted octanol–water partition coefficient (Wildman–Crippen LogP) is 2.70. The fourth-order valence-corrected chi connectivity index (χ4v) is 2.15. The Morgan fingerprint density at radius 2 is 2.00 bits per heavy atom. The zero-order valence-corrected chi connectivity index (χ0v) is 11.9. The number of nitrogens with zero attached hydrogens (tertiary/aromatic N) is 3. The van der Waals surface area contributed by atoms with E-state index < -0.39 is 12.7 Å². The van der Waals surface area contributed by atoms with Crippen molar-refractivity contribution in [3.63, 3.8) is 0 Å². The third-order valence-corrected chi connectivity index (χ3v) is 3.07. The Morgan fingerprint density at radius 1 is 1.29 bits per heavy atom. The SMILES string of the molecule is CC(C)n1ncnc1CC(N)c1ccccc1OC(F)F. The second-order valence-corrected chi connectivity index (χ2v) is 4.94. The summed E-state index contributed by atoms with van der Waals surface area (Å²) in [7, 11) is 0. The maximum atomic E-state index is 12.4. The van der Waals surface area contributed by atoms with Crippen molar-refractivity contribution in [2.24, 2.45) is 5.73 Å². The molecule has 0 radical (unpaired) electrons. The van der Waals surface area contributed by atoms with Crippen LogP contribution in [0.15, 0.2) is 30.6 Å². The summed E-state index contributed by atoms with van der Waals surface area (Å²) >= 11 is 0. The lowest BCUT2D eigenvalue weighted by Crippen LogP contribution is -2.19. The summed E-state index contributed by atoms with van der Waals surface area (Å²) in [6.45, 7) is 1.09. The number of nitrogens with two attached hydrogens (primary N) is 1. The molecule has 1 unspecified atom stereocenters. The molecule has 21 heavy (non-hydrogen) atoms. The van der Waals surface area contributed by atoms with Crippen molar-refractivity contribution in [2.75, 3.05) is 0 Å². The van der Waals surface area contributed by atoms with Crippen molar-refractivity contribution < 1.29 is 13.5 Å². The lowest BCUT2D eigenvalue weighted by molar-refractivity contribution is -0.0506. The molecule has 2 N–H and O–H groups in total. The molecule has 1 heterocycles. The van der Waals surface area contributed by atoms with E-state index in [2.05, 4.69) is 14.8 Å². The van der Waals surface area contributed by atoms with Gasteiger partial charge in [-0.15, -0.1) is 0 Å². The van der Waals surface area contributed by atoms with Gasteiger partial charge >= 0.3 is 6.61 Å². The van der Waals surface area contributed by atoms with Gasteiger partial charge in [-0.3, -0.25) is 0 Å². The number of aromatic nitrogens is 3. The van der Waals surface area contributed by atoms with E-state index in [1.807, 2.05) is 13.8 Å². The summed E-state index contributed by atoms with van der Waals surface area (Å²) in [6.07, 6.45) is 1.85. The first-order valence-electron chi connectivity index (χ1n) is 6.66. The van der Waals surface area contributed by atoms with E-state index in [1.165, 1.54) is 12.4 Å². The van der Waals surface area contributed by atoms with E-state index in [1.54, 1.807) is 22.9 Å². The van der Waals surface area contributed by atoms with Gasteiger partial charge in [0.05, 0.1) is 0 Å². The van der Waals surface area contributed by atoms with E-state index in [4.69, 9.17) is 5.73 Å². The van der Waals surface area contributed by atoms with Gasteiger partial charge in [-0.2, -0.15) is 13.9 Å². The van der Waals surface area contributed by atoms with Crippen molar-refractivity contribution in [1.29, 1.82) is 0 Å². The molecule has 114 valence electrons. The topological polar surface area (TPSA) is 66.0 Å². The van der Waals surface area contributed by atoms with Gasteiger partial charge < -0.3 is 10.5 Å². The summed E-state index contributed by atoms with van der Waals surface area (Å²) < 4.78 is 31.1. The number of benzene rings is 1. The Bertz CT molecular complexity index is 586. The van der Waals surface area contributed by atoms with E-state index in [0.29, 0.717) is 17.8 Å². The van der Waals surface area contributed by atoms with Crippen LogP contribution in [0.5, 0.6) is 5.75 Å². The molecule has 1 atom stereocenters. The molecule has 0 aliphatic carbocycles. The molecule has 0 bridgehead atoms. The molecule has 0 amide bonds. The van der Waals surface area contributed by atoms with Crippen LogP contribution in [0.25, 0.3) is 0 Å². The Morgan fingerprint density at radius 3 is 2.67 bits per heavy atom. The zero-order chi connectivity index (χ0) is 15.4. The van der Waals surface area contributed by atoms with Crippen molar-refractivity contribution in [2.45, 2.75) is 39.0 Å². The average Bonchev–Trinajstić information content (AvgIpc) is 2.86. The normalized spacial score (nSPS) is 12.9. The van der Waals surface area contributed by atoms with Crippen molar-refractivity contribution in [1.82, 2.24) is 14.8 Å². The standard InChI is InChI=1S/C14H18F2N4O/c1-9(2)20-13(18-8-19-20)7-11(17)10-5-3-4-6-12(10)21-14(15)16/h3-6,8-9,11,14H,7,17H2,1-2H3. The van der Waals surface area contributed by atoms with Crippen LogP contribution in [0.1, 0.15) is 37.3 Å². The summed E-state index contributed by atoms with van der Waals surface area (Å²) in [6, 6.07) is 6.18. The molecule has 0 aliphatic rings. The van der Waals surface area contributed by atoms with Crippen LogP contribution in [0.4, 0.5) is 8.78 Å². The number of alkyl halides is 2. The lowest BCUT2D eigenvalue weighted by atomic mass is 10.0. The van der Waals surface area contributed by atoms with Gasteiger partial charge in [0.2, 0.25) is 0 Å². The largest absolute Gasteiger partial charge is 0.434 e. The molecule has 1 aromatic carbocycles. The van der Waals surface area contributed by atoms with Crippen LogP contribution in [0.2, 0.25) is 0 Å². The molecule has 0 spiro atoms. The smallest absolute Gasteiger partial charge is 0.387 e. The lowest BCUT2D eigenvalue weighted by Gasteiger charge is -2.17. The van der Waals surface area contributed by atoms with Gasteiger partial charge in [0.1, 0.15) is 17.9 Å². The summed E-state index contributed by atoms with van der Waals surface area (Å²) in [5, 5.41) is 4.13. The minimum atomic E-state index is -2.88. The summed E-state index contributed by atoms with van der Waals surface area (Å²) in [4.78, 5) is 4.18. The number of hydrogen-bond donors (Lipinski definition) is 1. The zero-order valence-electron chi connectivity index (χ0n) is 11.9. The first-order valence-corrected chi connectivity index (χ1v) is 6.66. The number of halogens is 2. The maximum Gasteiger partial charge on any atom is 0.387 e. The molecule has 0 fully saturated rings. The van der Waals surface area contributed by atoms with E-state index in [9.17, 15) is 8.78 Å². The molecule has 5 nitrogen and oxygen atoms in total. The number of rotatable bonds is 6. The van der Waals surface area contributed by atoms with Gasteiger partial charge in [-0.05, 0) is 19.9 Å². The fourth-order valence-electron chi connectivity index (χ4n) is 2.15. The average molecular weight is 296 g/mol. The van der Waals surface area contributed by atoms with Crippen LogP contribution < -0.4 is 10.5 Å². The summed E-state index contributed by atoms with van der Waals surface area (Å²) in [5.74, 6) is 0.806. The molecule has 0 saturated carbocycles. The van der Waals surface area contributed by atoms with Crippen LogP contribution in [-0.2, 0) is 6.42 Å². The maximum absolute atomic E-state index is 12.4. The van der Waals surface area contributed by atoms with Crippen molar-refractivity contribution >= 4 is 0 Å². The molecule has 0 saturated heterocycles. The third-order valence-electron chi connectivity index (χ3n) is 3.07. The quantitative estimate of drug-likeness (QED) is 0.890. The minimum Gasteiger partial charge on any atom is -0.434 e. The highest BCUT2D eigenvalue weighted by Gasteiger charge is 2.18. The van der Waals surface area contributed by atoms with E-state index in [-0.39, 0.29) is 11.8 Å². The highest BCUT2D eigenvalue weighted by Crippen LogP contribution is 2.27. The predicted molar refractivity (Wildman–Crippen MR) is 74.1 cm³/mol. The number of hydrogen-bond acceptors (Lipinski definition) is 4. The summed E-state index contributed by atoms with van der Waals surface area (Å²) in [5.41, 5.74) is 6.65. The van der Waals surface area contributed by atoms with Crippen LogP contribution in [0, 0.1) is 0 Å². The first-order chi connectivity index (χ1) is 9.99. The molecule has 2 rings (SSSR count). The Labute approximate surface area is 121 Å². The minimum absolute atomic E-state index is 0.0932. The Kier molecular flexibility index (Phi) is 4.85. The van der Waals surface area contributed by atoms with E-state index >= 15 is 0 Å². The molecule has 0 aliphatic heterocycles. The first kappa shape index (κ1) is 15.4. The second kappa shape index (κ2) is 6.62. The number of para-hydroxylation sites is 1. The van der Waals surface area contributed by atoms with Gasteiger partial charge in [0.25, 0.3) is 0 Å². The second-order valence-electron chi connectivity index (χ2n) is 4.94. The van der Waals surface area contributed by atoms with Crippen LogP contribution >= 0.6 is 0 Å². The van der Waals surface area contributed by atoms with Gasteiger partial charge in [-0.25, -0.2) is 9.67 Å². The van der Waals surface area contributed by atoms with Crippen molar-refractivity contribution in [3.8, 4) is 5.75 Å². The molecular weight excluding hydrogens is 278 g/mol. The van der Waals surface area contributed by atoms with Gasteiger partial charge in [-0.1, -0.05) is 18.2 Å².